The van der Waals surface area contributed by atoms with E-state index in [9.17, 15) is 22.8 Å². The van der Waals surface area contributed by atoms with Crippen molar-refractivity contribution in [3.8, 4) is 0 Å². The van der Waals surface area contributed by atoms with Crippen molar-refractivity contribution in [2.45, 2.75) is 33.9 Å². The van der Waals surface area contributed by atoms with Crippen LogP contribution in [-0.2, 0) is 15.8 Å². The molecule has 0 bridgehead atoms. The number of rotatable bonds is 4. The van der Waals surface area contributed by atoms with Gasteiger partial charge in [-0.3, -0.25) is 9.59 Å². The van der Waals surface area contributed by atoms with Crippen LogP contribution in [-0.4, -0.2) is 11.8 Å². The first kappa shape index (κ1) is 20.5. The molecular weight excluding hydrogens is 357 g/mol. The van der Waals surface area contributed by atoms with E-state index in [0.717, 1.165) is 23.3 Å². The van der Waals surface area contributed by atoms with E-state index < -0.39 is 29.0 Å². The molecule has 0 aromatic heterocycles. The van der Waals surface area contributed by atoms with Crippen LogP contribution in [0.3, 0.4) is 0 Å². The van der Waals surface area contributed by atoms with Crippen LogP contribution in [0.25, 0.3) is 0 Å². The molecule has 2 aromatic carbocycles. The first-order valence-electron chi connectivity index (χ1n) is 8.29. The molecule has 0 aliphatic rings. The fourth-order valence-electron chi connectivity index (χ4n) is 2.37. The highest BCUT2D eigenvalue weighted by Gasteiger charge is 2.39. The number of aryl methyl sites for hydroxylation is 2. The zero-order valence-corrected chi connectivity index (χ0v) is 15.5. The van der Waals surface area contributed by atoms with Crippen LogP contribution in [0.2, 0.25) is 0 Å². The van der Waals surface area contributed by atoms with Gasteiger partial charge in [0.2, 0.25) is 11.8 Å². The van der Waals surface area contributed by atoms with E-state index in [2.05, 4.69) is 10.6 Å². The highest BCUT2D eigenvalue weighted by Crippen LogP contribution is 2.35. The minimum absolute atomic E-state index is 0.386. The maximum atomic E-state index is 13.1. The van der Waals surface area contributed by atoms with E-state index in [0.29, 0.717) is 5.69 Å². The normalized spacial score (nSPS) is 11.8. The number of benzene rings is 2. The van der Waals surface area contributed by atoms with Gasteiger partial charge in [0.15, 0.2) is 0 Å². The van der Waals surface area contributed by atoms with Crippen molar-refractivity contribution in [1.82, 2.24) is 0 Å². The van der Waals surface area contributed by atoms with Gasteiger partial charge >= 0.3 is 6.18 Å². The van der Waals surface area contributed by atoms with Crippen LogP contribution in [0.15, 0.2) is 42.5 Å². The van der Waals surface area contributed by atoms with Crippen LogP contribution in [0.4, 0.5) is 24.5 Å². The van der Waals surface area contributed by atoms with Crippen LogP contribution < -0.4 is 10.6 Å². The maximum Gasteiger partial charge on any atom is 0.418 e. The summed E-state index contributed by atoms with van der Waals surface area (Å²) < 4.78 is 39.3. The predicted molar refractivity (Wildman–Crippen MR) is 98.4 cm³/mol. The molecule has 2 amide bonds. The SMILES string of the molecule is Cc1ccc(C)c(NC(=O)C(C)(C)C(=O)Nc2ccccc2C(F)(F)F)c1. The highest BCUT2D eigenvalue weighted by atomic mass is 19.4. The van der Waals surface area contributed by atoms with Gasteiger partial charge in [-0.15, -0.1) is 0 Å². The summed E-state index contributed by atoms with van der Waals surface area (Å²) in [5, 5.41) is 4.91. The number of amides is 2. The van der Waals surface area contributed by atoms with Gasteiger partial charge in [-0.05, 0) is 57.0 Å². The standard InChI is InChI=1S/C20H21F3N2O2/c1-12-9-10-13(2)16(11-12)25-18(27)19(3,4)17(26)24-15-8-6-5-7-14(15)20(21,22)23/h5-11H,1-4H3,(H,24,26)(H,25,27). The highest BCUT2D eigenvalue weighted by molar-refractivity contribution is 6.14. The first-order valence-corrected chi connectivity index (χ1v) is 8.29. The zero-order valence-electron chi connectivity index (χ0n) is 15.5. The molecule has 0 radical (unpaired) electrons. The molecule has 2 N–H and O–H groups in total. The Bertz CT molecular complexity index is 874. The Balaban J connectivity index is 2.22. The van der Waals surface area contributed by atoms with Crippen molar-refractivity contribution in [1.29, 1.82) is 0 Å². The smallest absolute Gasteiger partial charge is 0.325 e. The molecule has 0 fully saturated rings. The van der Waals surface area contributed by atoms with Gasteiger partial charge in [0, 0.05) is 5.69 Å². The first-order chi connectivity index (χ1) is 12.4. The third-order valence-corrected chi connectivity index (χ3v) is 4.26. The van der Waals surface area contributed by atoms with Gasteiger partial charge in [-0.25, -0.2) is 0 Å². The Kier molecular flexibility index (Phi) is 5.63. The van der Waals surface area contributed by atoms with Gasteiger partial charge in [0.05, 0.1) is 11.3 Å². The molecule has 0 unspecified atom stereocenters. The second-order valence-corrected chi connectivity index (χ2v) is 6.89. The minimum atomic E-state index is -4.62. The molecule has 0 spiro atoms. The Morgan fingerprint density at radius 2 is 1.41 bits per heavy atom. The molecule has 2 rings (SSSR count). The lowest BCUT2D eigenvalue weighted by molar-refractivity contribution is -0.137. The van der Waals surface area contributed by atoms with Crippen LogP contribution >= 0.6 is 0 Å². The molecule has 0 saturated carbocycles. The lowest BCUT2D eigenvalue weighted by atomic mass is 9.90. The van der Waals surface area contributed by atoms with Crippen molar-refractivity contribution < 1.29 is 22.8 Å². The molecule has 0 aliphatic carbocycles. The Morgan fingerprint density at radius 1 is 0.852 bits per heavy atom. The molecular formula is C20H21F3N2O2. The molecule has 0 heterocycles. The quantitative estimate of drug-likeness (QED) is 0.742. The van der Waals surface area contributed by atoms with E-state index in [4.69, 9.17) is 0 Å². The topological polar surface area (TPSA) is 58.2 Å². The summed E-state index contributed by atoms with van der Waals surface area (Å²) in [5.41, 5.74) is -0.650. The van der Waals surface area contributed by atoms with Gasteiger partial charge in [0.25, 0.3) is 0 Å². The molecule has 0 atom stereocenters. The van der Waals surface area contributed by atoms with E-state index in [1.807, 2.05) is 26.0 Å². The molecule has 144 valence electrons. The number of anilines is 2. The number of carbonyl (C=O) groups excluding carboxylic acids is 2. The molecule has 0 aliphatic heterocycles. The summed E-state index contributed by atoms with van der Waals surface area (Å²) in [7, 11) is 0. The lowest BCUT2D eigenvalue weighted by Gasteiger charge is -2.24. The third-order valence-electron chi connectivity index (χ3n) is 4.26. The van der Waals surface area contributed by atoms with Crippen LogP contribution in [0.5, 0.6) is 0 Å². The van der Waals surface area contributed by atoms with Gasteiger partial charge in [-0.1, -0.05) is 24.3 Å². The monoisotopic (exact) mass is 378 g/mol. The number of hydrogen-bond donors (Lipinski definition) is 2. The van der Waals surface area contributed by atoms with Crippen molar-refractivity contribution in [3.05, 3.63) is 59.2 Å². The van der Waals surface area contributed by atoms with E-state index in [-0.39, 0.29) is 5.69 Å². The second-order valence-electron chi connectivity index (χ2n) is 6.89. The average Bonchev–Trinajstić information content (AvgIpc) is 2.57. The molecule has 7 heteroatoms. The number of para-hydroxylation sites is 1. The zero-order chi connectivity index (χ0) is 20.4. The van der Waals surface area contributed by atoms with Crippen molar-refractivity contribution in [2.24, 2.45) is 5.41 Å². The van der Waals surface area contributed by atoms with Gasteiger partial charge in [-0.2, -0.15) is 13.2 Å². The molecule has 0 saturated heterocycles. The number of alkyl halides is 3. The van der Waals surface area contributed by atoms with Gasteiger partial charge in [0.1, 0.15) is 5.41 Å². The largest absolute Gasteiger partial charge is 0.418 e. The van der Waals surface area contributed by atoms with Crippen LogP contribution in [0.1, 0.15) is 30.5 Å². The summed E-state index contributed by atoms with van der Waals surface area (Å²) in [6.07, 6.45) is -4.62. The van der Waals surface area contributed by atoms with Gasteiger partial charge < -0.3 is 10.6 Å². The van der Waals surface area contributed by atoms with E-state index in [1.54, 1.807) is 6.07 Å². The Labute approximate surface area is 155 Å². The fourth-order valence-corrected chi connectivity index (χ4v) is 2.37. The lowest BCUT2D eigenvalue weighted by Crippen LogP contribution is -2.42. The number of halogens is 3. The second kappa shape index (κ2) is 7.42. The molecule has 2 aromatic rings. The summed E-state index contributed by atoms with van der Waals surface area (Å²) in [5.74, 6) is -1.44. The van der Waals surface area contributed by atoms with Crippen LogP contribution in [0, 0.1) is 19.3 Å². The third kappa shape index (κ3) is 4.67. The van der Waals surface area contributed by atoms with E-state index in [1.165, 1.54) is 26.0 Å². The summed E-state index contributed by atoms with van der Waals surface area (Å²) in [6, 6.07) is 10.1. The summed E-state index contributed by atoms with van der Waals surface area (Å²) in [6.45, 7) is 6.39. The molecule has 4 nitrogen and oxygen atoms in total. The Morgan fingerprint density at radius 3 is 2.00 bits per heavy atom. The minimum Gasteiger partial charge on any atom is -0.325 e. The van der Waals surface area contributed by atoms with Crippen molar-refractivity contribution in [2.75, 3.05) is 10.6 Å². The average molecular weight is 378 g/mol. The fraction of sp³-hybridized carbons (Fsp3) is 0.300. The van der Waals surface area contributed by atoms with E-state index >= 15 is 0 Å². The number of hydrogen-bond acceptors (Lipinski definition) is 2. The predicted octanol–water partition coefficient (Wildman–Crippen LogP) is 4.93. The number of nitrogens with one attached hydrogen (secondary N) is 2. The Hall–Kier alpha value is -2.83. The molecule has 27 heavy (non-hydrogen) atoms. The van der Waals surface area contributed by atoms with Crippen molar-refractivity contribution in [3.63, 3.8) is 0 Å². The summed E-state index contributed by atoms with van der Waals surface area (Å²) >= 11 is 0. The maximum absolute atomic E-state index is 13.1. The van der Waals surface area contributed by atoms with Crippen molar-refractivity contribution >= 4 is 23.2 Å². The summed E-state index contributed by atoms with van der Waals surface area (Å²) in [4.78, 5) is 25.2. The number of carbonyl (C=O) groups is 2.